The van der Waals surface area contributed by atoms with Crippen LogP contribution in [0.15, 0.2) is 42.5 Å². The lowest BCUT2D eigenvalue weighted by Gasteiger charge is -2.16. The first-order valence-electron chi connectivity index (χ1n) is 6.42. The molecule has 0 saturated carbocycles. The third-order valence-corrected chi connectivity index (χ3v) is 4.02. The van der Waals surface area contributed by atoms with Gasteiger partial charge in [0, 0.05) is 21.5 Å². The zero-order chi connectivity index (χ0) is 15.4. The molecule has 1 N–H and O–H groups in total. The smallest absolute Gasteiger partial charge is 0.251 e. The molecule has 0 saturated heterocycles. The number of carbonyl (C=O) groups is 1. The molecule has 5 heteroatoms. The van der Waals surface area contributed by atoms with Crippen LogP contribution in [0.1, 0.15) is 34.5 Å². The van der Waals surface area contributed by atoms with Crippen molar-refractivity contribution < 1.29 is 4.79 Å². The second-order valence-electron chi connectivity index (χ2n) is 4.69. The molecular weight excluding hydrogens is 329 g/mol. The fraction of sp³-hybridized carbons (Fsp3) is 0.188. The molecule has 0 aliphatic rings. The molecule has 1 amide bonds. The van der Waals surface area contributed by atoms with Gasteiger partial charge in [0.15, 0.2) is 0 Å². The van der Waals surface area contributed by atoms with Gasteiger partial charge < -0.3 is 5.32 Å². The van der Waals surface area contributed by atoms with Crippen molar-refractivity contribution in [2.75, 3.05) is 0 Å². The maximum absolute atomic E-state index is 12.2. The number of carbonyl (C=O) groups excluding carboxylic acids is 1. The summed E-state index contributed by atoms with van der Waals surface area (Å²) in [5.41, 5.74) is 2.38. The molecule has 0 aliphatic heterocycles. The summed E-state index contributed by atoms with van der Waals surface area (Å²) < 4.78 is 0. The zero-order valence-electron chi connectivity index (χ0n) is 11.4. The van der Waals surface area contributed by atoms with Crippen molar-refractivity contribution in [1.82, 2.24) is 5.32 Å². The highest BCUT2D eigenvalue weighted by molar-refractivity contribution is 6.35. The van der Waals surface area contributed by atoms with Gasteiger partial charge in [0.25, 0.3) is 5.91 Å². The van der Waals surface area contributed by atoms with Crippen LogP contribution in [0.25, 0.3) is 0 Å². The van der Waals surface area contributed by atoms with E-state index < -0.39 is 0 Å². The fourth-order valence-corrected chi connectivity index (χ4v) is 2.71. The predicted molar refractivity (Wildman–Crippen MR) is 88.3 cm³/mol. The predicted octanol–water partition coefficient (Wildman–Crippen LogP) is 5.22. The summed E-state index contributed by atoms with van der Waals surface area (Å²) in [6, 6.07) is 12.2. The number of alkyl halides is 1. The van der Waals surface area contributed by atoms with Crippen molar-refractivity contribution in [3.63, 3.8) is 0 Å². The quantitative estimate of drug-likeness (QED) is 0.758. The molecule has 0 aromatic heterocycles. The van der Waals surface area contributed by atoms with Crippen LogP contribution in [-0.2, 0) is 5.88 Å². The van der Waals surface area contributed by atoms with Crippen LogP contribution in [0.2, 0.25) is 10.0 Å². The van der Waals surface area contributed by atoms with Crippen LogP contribution in [0.3, 0.4) is 0 Å². The van der Waals surface area contributed by atoms with E-state index in [9.17, 15) is 4.79 Å². The van der Waals surface area contributed by atoms with Gasteiger partial charge in [0.05, 0.1) is 6.04 Å². The van der Waals surface area contributed by atoms with Gasteiger partial charge >= 0.3 is 0 Å². The molecule has 2 nitrogen and oxygen atoms in total. The number of rotatable bonds is 4. The second-order valence-corrected chi connectivity index (χ2v) is 5.80. The third-order valence-electron chi connectivity index (χ3n) is 3.15. The Morgan fingerprint density at radius 2 is 1.81 bits per heavy atom. The van der Waals surface area contributed by atoms with Gasteiger partial charge in [-0.3, -0.25) is 4.79 Å². The Labute approximate surface area is 139 Å². The van der Waals surface area contributed by atoms with Crippen LogP contribution in [0, 0.1) is 0 Å². The Morgan fingerprint density at radius 3 is 2.38 bits per heavy atom. The number of benzene rings is 2. The molecule has 0 radical (unpaired) electrons. The fourth-order valence-electron chi connectivity index (χ4n) is 1.96. The Hall–Kier alpha value is -1.22. The molecule has 21 heavy (non-hydrogen) atoms. The van der Waals surface area contributed by atoms with Crippen molar-refractivity contribution >= 4 is 40.7 Å². The number of halogens is 3. The van der Waals surface area contributed by atoms with Gasteiger partial charge in [-0.25, -0.2) is 0 Å². The lowest BCUT2D eigenvalue weighted by atomic mass is 10.1. The van der Waals surface area contributed by atoms with E-state index in [2.05, 4.69) is 5.32 Å². The minimum absolute atomic E-state index is 0.158. The van der Waals surface area contributed by atoms with E-state index in [1.807, 2.05) is 25.1 Å². The number of hydrogen-bond acceptors (Lipinski definition) is 1. The van der Waals surface area contributed by atoms with Crippen molar-refractivity contribution in [1.29, 1.82) is 0 Å². The van der Waals surface area contributed by atoms with Gasteiger partial charge in [-0.15, -0.1) is 11.6 Å². The molecule has 1 unspecified atom stereocenters. The highest BCUT2D eigenvalue weighted by Crippen LogP contribution is 2.26. The first-order chi connectivity index (χ1) is 10.0. The van der Waals surface area contributed by atoms with E-state index in [0.29, 0.717) is 21.5 Å². The van der Waals surface area contributed by atoms with Crippen LogP contribution in [-0.4, -0.2) is 5.91 Å². The molecular formula is C16H14Cl3NO. The summed E-state index contributed by atoms with van der Waals surface area (Å²) in [6.07, 6.45) is 0. The molecule has 0 heterocycles. The van der Waals surface area contributed by atoms with Gasteiger partial charge in [0.2, 0.25) is 0 Å². The standard InChI is InChI=1S/C16H14Cl3NO/c1-10(14-7-6-13(18)8-15(14)19)20-16(21)12-4-2-11(9-17)3-5-12/h2-8,10H,9H2,1H3,(H,20,21). The molecule has 0 bridgehead atoms. The topological polar surface area (TPSA) is 29.1 Å². The van der Waals surface area contributed by atoms with E-state index in [0.717, 1.165) is 11.1 Å². The zero-order valence-corrected chi connectivity index (χ0v) is 13.6. The maximum Gasteiger partial charge on any atom is 0.251 e. The van der Waals surface area contributed by atoms with Gasteiger partial charge in [-0.2, -0.15) is 0 Å². The molecule has 0 spiro atoms. The highest BCUT2D eigenvalue weighted by atomic mass is 35.5. The Balaban J connectivity index is 2.10. The van der Waals surface area contributed by atoms with Crippen molar-refractivity contribution in [2.45, 2.75) is 18.8 Å². The monoisotopic (exact) mass is 341 g/mol. The first-order valence-corrected chi connectivity index (χ1v) is 7.71. The minimum atomic E-state index is -0.213. The van der Waals surface area contributed by atoms with Gasteiger partial charge in [-0.05, 0) is 42.3 Å². The summed E-state index contributed by atoms with van der Waals surface area (Å²) in [6.45, 7) is 1.88. The third kappa shape index (κ3) is 4.13. The number of nitrogens with one attached hydrogen (secondary N) is 1. The first kappa shape index (κ1) is 16.2. The SMILES string of the molecule is CC(NC(=O)c1ccc(CCl)cc1)c1ccc(Cl)cc1Cl. The van der Waals surface area contributed by atoms with E-state index in [-0.39, 0.29) is 11.9 Å². The maximum atomic E-state index is 12.2. The summed E-state index contributed by atoms with van der Waals surface area (Å²) in [5.74, 6) is 0.272. The van der Waals surface area contributed by atoms with Crippen molar-refractivity contribution in [3.05, 3.63) is 69.2 Å². The Morgan fingerprint density at radius 1 is 1.14 bits per heavy atom. The second kappa shape index (κ2) is 7.17. The Kier molecular flexibility index (Phi) is 5.51. The molecule has 0 aliphatic carbocycles. The van der Waals surface area contributed by atoms with E-state index in [4.69, 9.17) is 34.8 Å². The van der Waals surface area contributed by atoms with Crippen LogP contribution >= 0.6 is 34.8 Å². The molecule has 1 atom stereocenters. The lowest BCUT2D eigenvalue weighted by molar-refractivity contribution is 0.0940. The lowest BCUT2D eigenvalue weighted by Crippen LogP contribution is -2.26. The minimum Gasteiger partial charge on any atom is -0.345 e. The van der Waals surface area contributed by atoms with E-state index in [1.54, 1.807) is 24.3 Å². The average molecular weight is 343 g/mol. The van der Waals surface area contributed by atoms with Crippen LogP contribution in [0.5, 0.6) is 0 Å². The highest BCUT2D eigenvalue weighted by Gasteiger charge is 2.14. The van der Waals surface area contributed by atoms with E-state index in [1.165, 1.54) is 0 Å². The normalized spacial score (nSPS) is 12.0. The Bertz CT molecular complexity index is 640. The summed E-state index contributed by atoms with van der Waals surface area (Å²) >= 11 is 17.7. The molecule has 2 rings (SSSR count). The van der Waals surface area contributed by atoms with Gasteiger partial charge in [0.1, 0.15) is 0 Å². The largest absolute Gasteiger partial charge is 0.345 e. The molecule has 2 aromatic rings. The van der Waals surface area contributed by atoms with E-state index >= 15 is 0 Å². The molecule has 0 fully saturated rings. The molecule has 110 valence electrons. The van der Waals surface area contributed by atoms with Gasteiger partial charge in [-0.1, -0.05) is 41.4 Å². The van der Waals surface area contributed by atoms with Crippen molar-refractivity contribution in [3.8, 4) is 0 Å². The van der Waals surface area contributed by atoms with Crippen LogP contribution in [0.4, 0.5) is 0 Å². The molecule has 2 aromatic carbocycles. The van der Waals surface area contributed by atoms with Crippen LogP contribution < -0.4 is 5.32 Å². The summed E-state index contributed by atoms with van der Waals surface area (Å²) in [4.78, 5) is 12.2. The summed E-state index contributed by atoms with van der Waals surface area (Å²) in [7, 11) is 0. The summed E-state index contributed by atoms with van der Waals surface area (Å²) in [5, 5.41) is 4.01. The number of amides is 1. The number of hydrogen-bond donors (Lipinski definition) is 1. The average Bonchev–Trinajstić information content (AvgIpc) is 2.47. The van der Waals surface area contributed by atoms with Crippen molar-refractivity contribution in [2.24, 2.45) is 0 Å².